The first-order valence-corrected chi connectivity index (χ1v) is 18.3. The van der Waals surface area contributed by atoms with Gasteiger partial charge in [0.05, 0.1) is 0 Å². The summed E-state index contributed by atoms with van der Waals surface area (Å²) in [6, 6.07) is 68.2. The molecule has 254 valence electrons. The van der Waals surface area contributed by atoms with Crippen LogP contribution in [0.2, 0.25) is 0 Å². The van der Waals surface area contributed by atoms with Crippen LogP contribution in [0.1, 0.15) is 0 Å². The van der Waals surface area contributed by atoms with Gasteiger partial charge in [-0.1, -0.05) is 121 Å². The van der Waals surface area contributed by atoms with Gasteiger partial charge in [0, 0.05) is 33.5 Å². The maximum atomic E-state index is 6.73. The van der Waals surface area contributed by atoms with E-state index < -0.39 is 0 Å². The van der Waals surface area contributed by atoms with Crippen LogP contribution in [0.25, 0.3) is 21.9 Å². The summed E-state index contributed by atoms with van der Waals surface area (Å²) in [6.45, 7) is -0.417. The van der Waals surface area contributed by atoms with Crippen molar-refractivity contribution in [2.24, 2.45) is 0 Å². The van der Waals surface area contributed by atoms with E-state index in [9.17, 15) is 0 Å². The number of anilines is 8. The lowest BCUT2D eigenvalue weighted by molar-refractivity contribution is 0.627. The molecular formula is C46H32B2N4O2. The lowest BCUT2D eigenvalue weighted by Gasteiger charge is -2.31. The summed E-state index contributed by atoms with van der Waals surface area (Å²) >= 11 is 0. The summed E-state index contributed by atoms with van der Waals surface area (Å²) in [5.74, 6) is 1.66. The molecular weight excluding hydrogens is 662 g/mol. The number of nitrogens with zero attached hydrogens (tertiary/aromatic N) is 4. The maximum Gasteiger partial charge on any atom is 0.423 e. The van der Waals surface area contributed by atoms with Crippen molar-refractivity contribution >= 4 is 92.7 Å². The number of benzene rings is 7. The summed E-state index contributed by atoms with van der Waals surface area (Å²) in [6.07, 6.45) is 0. The summed E-state index contributed by atoms with van der Waals surface area (Å²) in [7, 11) is 0. The van der Waals surface area contributed by atoms with Crippen LogP contribution >= 0.6 is 0 Å². The predicted molar refractivity (Wildman–Crippen MR) is 224 cm³/mol. The van der Waals surface area contributed by atoms with E-state index in [1.165, 1.54) is 0 Å². The van der Waals surface area contributed by atoms with Gasteiger partial charge >= 0.3 is 14.0 Å². The van der Waals surface area contributed by atoms with Crippen LogP contribution in [-0.4, -0.2) is 14.0 Å². The van der Waals surface area contributed by atoms with E-state index in [-0.39, 0.29) is 14.0 Å². The molecule has 4 heterocycles. The Morgan fingerprint density at radius 2 is 0.593 bits per heavy atom. The lowest BCUT2D eigenvalue weighted by atomic mass is 9.60. The fourth-order valence-corrected chi connectivity index (χ4v) is 8.38. The lowest BCUT2D eigenvalue weighted by Crippen LogP contribution is -2.55. The molecule has 0 unspecified atom stereocenters. The topological polar surface area (TPSA) is 39.2 Å². The number of rotatable bonds is 6. The minimum atomic E-state index is -0.209. The van der Waals surface area contributed by atoms with Gasteiger partial charge in [0.2, 0.25) is 11.8 Å². The van der Waals surface area contributed by atoms with Crippen LogP contribution in [-0.2, 0) is 0 Å². The molecule has 0 saturated heterocycles. The molecule has 6 nitrogen and oxygen atoms in total. The zero-order valence-corrected chi connectivity index (χ0v) is 29.2. The van der Waals surface area contributed by atoms with Gasteiger partial charge in [-0.25, -0.2) is 0 Å². The molecule has 0 aliphatic carbocycles. The number of hydrogen-bond acceptors (Lipinski definition) is 6. The molecule has 2 aromatic heterocycles. The minimum Gasteiger partial charge on any atom is -0.439 e. The monoisotopic (exact) mass is 694 g/mol. The second-order valence-corrected chi connectivity index (χ2v) is 13.7. The molecule has 54 heavy (non-hydrogen) atoms. The van der Waals surface area contributed by atoms with Gasteiger partial charge in [0.1, 0.15) is 22.5 Å². The molecule has 0 fully saturated rings. The first kappa shape index (κ1) is 30.6. The Morgan fingerprint density at radius 1 is 0.296 bits per heavy atom. The largest absolute Gasteiger partial charge is 0.439 e. The number of fused-ring (bicyclic) bond motifs is 6. The van der Waals surface area contributed by atoms with Gasteiger partial charge in [0.15, 0.2) is 0 Å². The van der Waals surface area contributed by atoms with Gasteiger partial charge < -0.3 is 28.1 Å². The molecule has 0 saturated carbocycles. The Balaban J connectivity index is 1.09. The molecule has 8 heteroatoms. The first-order valence-electron chi connectivity index (χ1n) is 18.3. The highest BCUT2D eigenvalue weighted by Gasteiger charge is 2.49. The highest BCUT2D eigenvalue weighted by Crippen LogP contribution is 2.53. The quantitative estimate of drug-likeness (QED) is 0.161. The van der Waals surface area contributed by atoms with Crippen molar-refractivity contribution in [1.29, 1.82) is 0 Å². The Hall–Kier alpha value is -7.05. The smallest absolute Gasteiger partial charge is 0.423 e. The summed E-state index contributed by atoms with van der Waals surface area (Å²) in [4.78, 5) is 9.51. The van der Waals surface area contributed by atoms with Crippen molar-refractivity contribution in [3.63, 3.8) is 0 Å². The highest BCUT2D eigenvalue weighted by molar-refractivity contribution is 6.86. The van der Waals surface area contributed by atoms with Crippen molar-refractivity contribution in [3.05, 3.63) is 194 Å². The summed E-state index contributed by atoms with van der Waals surface area (Å²) < 4.78 is 13.5. The van der Waals surface area contributed by atoms with E-state index in [0.29, 0.717) is 0 Å². The summed E-state index contributed by atoms with van der Waals surface area (Å²) in [5.41, 5.74) is 10.4. The Kier molecular flexibility index (Phi) is 6.95. The van der Waals surface area contributed by atoms with Crippen LogP contribution in [0.15, 0.2) is 203 Å². The summed E-state index contributed by atoms with van der Waals surface area (Å²) in [5, 5.41) is 2.17. The van der Waals surface area contributed by atoms with Crippen molar-refractivity contribution in [2.45, 2.75) is 0 Å². The van der Waals surface area contributed by atoms with Crippen LogP contribution in [0, 0.1) is 0 Å². The fourth-order valence-electron chi connectivity index (χ4n) is 8.38. The van der Waals surface area contributed by atoms with Crippen molar-refractivity contribution in [1.82, 2.24) is 0 Å². The van der Waals surface area contributed by atoms with E-state index in [2.05, 4.69) is 201 Å². The van der Waals surface area contributed by atoms with E-state index in [1.807, 2.05) is 12.1 Å². The van der Waals surface area contributed by atoms with Gasteiger partial charge in [-0.15, -0.1) is 0 Å². The van der Waals surface area contributed by atoms with Crippen LogP contribution in [0.5, 0.6) is 0 Å². The van der Waals surface area contributed by atoms with Crippen LogP contribution < -0.4 is 30.2 Å². The van der Waals surface area contributed by atoms with Gasteiger partial charge in [0.25, 0.3) is 0 Å². The van der Waals surface area contributed by atoms with Crippen LogP contribution in [0.4, 0.5) is 45.9 Å². The van der Waals surface area contributed by atoms with Crippen LogP contribution in [0.3, 0.4) is 0 Å². The number of furan rings is 2. The molecule has 0 radical (unpaired) electrons. The standard InChI is InChI=1S/C46H32B2N4O2/c1-5-17-35(18-6-1)49-43-39-25-13-15-27-41(39)53-45(43)51(37-21-9-3-10-22-37)47(49)33-29-31-34(32-30-33)48-50(36-19-7-2-8-20-36)44-40-26-14-16-28-42(40)54-46(44)52(48)38-23-11-4-12-24-38/h1-32H. The molecule has 0 N–H and O–H groups in total. The predicted octanol–water partition coefficient (Wildman–Crippen LogP) is 10.5. The van der Waals surface area contributed by atoms with E-state index >= 15 is 0 Å². The molecule has 0 atom stereocenters. The fraction of sp³-hybridized carbons (Fsp3) is 0. The molecule has 0 bridgehead atoms. The van der Waals surface area contributed by atoms with E-state index in [4.69, 9.17) is 8.83 Å². The van der Waals surface area contributed by atoms with Crippen molar-refractivity contribution in [3.8, 4) is 0 Å². The number of hydrogen-bond donors (Lipinski definition) is 0. The average molecular weight is 694 g/mol. The molecule has 11 rings (SSSR count). The second kappa shape index (κ2) is 12.3. The van der Waals surface area contributed by atoms with E-state index in [0.717, 1.165) is 78.8 Å². The normalized spacial score (nSPS) is 13.7. The van der Waals surface area contributed by atoms with Crippen molar-refractivity contribution in [2.75, 3.05) is 19.2 Å². The Morgan fingerprint density at radius 3 is 0.944 bits per heavy atom. The SMILES string of the molecule is c1ccc(N2B(c3ccc(B4N(c5ccccc5)c5oc6ccccc6c5N4c4ccccc4)cc3)N(c3ccccc3)c3c2oc2ccccc32)cc1. The molecule has 7 aromatic carbocycles. The average Bonchev–Trinajstić information content (AvgIpc) is 3.98. The Labute approximate surface area is 313 Å². The molecule has 2 aliphatic heterocycles. The molecule has 9 aromatic rings. The van der Waals surface area contributed by atoms with E-state index in [1.54, 1.807) is 0 Å². The Bertz CT molecular complexity index is 2570. The van der Waals surface area contributed by atoms with Gasteiger partial charge in [-0.2, -0.15) is 0 Å². The van der Waals surface area contributed by atoms with Crippen molar-refractivity contribution < 1.29 is 8.83 Å². The van der Waals surface area contributed by atoms with Gasteiger partial charge in [-0.05, 0) is 83.7 Å². The second-order valence-electron chi connectivity index (χ2n) is 13.7. The molecule has 0 spiro atoms. The minimum absolute atomic E-state index is 0.209. The first-order chi connectivity index (χ1) is 26.8. The number of para-hydroxylation sites is 6. The molecule has 2 aliphatic rings. The van der Waals surface area contributed by atoms with Gasteiger partial charge in [-0.3, -0.25) is 0 Å². The zero-order valence-electron chi connectivity index (χ0n) is 29.2. The third-order valence-corrected chi connectivity index (χ3v) is 10.7. The molecule has 0 amide bonds. The zero-order chi connectivity index (χ0) is 35.6. The highest BCUT2D eigenvalue weighted by atomic mass is 16.4. The third kappa shape index (κ3) is 4.63. The maximum absolute atomic E-state index is 6.73. The third-order valence-electron chi connectivity index (χ3n) is 10.7.